The molecule has 0 saturated heterocycles. The topological polar surface area (TPSA) is 21.1 Å². The molecule has 3 nitrogen and oxygen atoms in total. The van der Waals surface area contributed by atoms with E-state index in [1.807, 2.05) is 10.9 Å². The van der Waals surface area contributed by atoms with E-state index in [2.05, 4.69) is 75.3 Å². The Labute approximate surface area is 122 Å². The maximum Gasteiger partial charge on any atom is 0.0568 e. The molecular weight excluding hydrogens is 246 g/mol. The van der Waals surface area contributed by atoms with Crippen LogP contribution in [-0.4, -0.2) is 35.3 Å². The van der Waals surface area contributed by atoms with Crippen molar-refractivity contribution < 1.29 is 0 Å². The number of rotatable bonds is 4. The van der Waals surface area contributed by atoms with E-state index in [4.69, 9.17) is 0 Å². The molecule has 20 heavy (non-hydrogen) atoms. The Morgan fingerprint density at radius 3 is 2.25 bits per heavy atom. The summed E-state index contributed by atoms with van der Waals surface area (Å²) in [5, 5.41) is 4.43. The Balaban J connectivity index is 2.12. The number of aromatic nitrogens is 2. The lowest BCUT2D eigenvalue weighted by atomic mass is 9.86. The summed E-state index contributed by atoms with van der Waals surface area (Å²) < 4.78 is 2.01. The van der Waals surface area contributed by atoms with Crippen LogP contribution in [-0.2, 0) is 12.0 Å². The van der Waals surface area contributed by atoms with Gasteiger partial charge in [-0.1, -0.05) is 45.0 Å². The van der Waals surface area contributed by atoms with E-state index in [1.54, 1.807) is 0 Å². The van der Waals surface area contributed by atoms with Gasteiger partial charge < -0.3 is 4.90 Å². The zero-order chi connectivity index (χ0) is 14.8. The highest BCUT2D eigenvalue weighted by atomic mass is 15.3. The second-order valence-corrected chi connectivity index (χ2v) is 6.62. The van der Waals surface area contributed by atoms with Gasteiger partial charge in [0.1, 0.15) is 0 Å². The van der Waals surface area contributed by atoms with Gasteiger partial charge in [-0.3, -0.25) is 4.68 Å². The zero-order valence-corrected chi connectivity index (χ0v) is 13.2. The molecule has 0 radical (unpaired) electrons. The smallest absolute Gasteiger partial charge is 0.0568 e. The molecule has 0 fully saturated rings. The standard InChI is InChI=1S/C17H25N3/c1-17(2,3)16-8-6-14(7-9-16)15-12-18-20(13-15)11-10-19(4)5/h6-9,12-13H,10-11H2,1-5H3. The first-order valence-electron chi connectivity index (χ1n) is 7.14. The highest BCUT2D eigenvalue weighted by Gasteiger charge is 2.13. The SMILES string of the molecule is CN(C)CCn1cc(-c2ccc(C(C)(C)C)cc2)cn1. The Morgan fingerprint density at radius 2 is 1.70 bits per heavy atom. The minimum Gasteiger partial charge on any atom is -0.308 e. The van der Waals surface area contributed by atoms with E-state index in [1.165, 1.54) is 16.7 Å². The molecule has 0 N–H and O–H groups in total. The summed E-state index contributed by atoms with van der Waals surface area (Å²) in [6.45, 7) is 8.64. The summed E-state index contributed by atoms with van der Waals surface area (Å²) in [7, 11) is 4.16. The van der Waals surface area contributed by atoms with Gasteiger partial charge in [0.05, 0.1) is 12.7 Å². The molecule has 108 valence electrons. The molecule has 0 saturated carbocycles. The fourth-order valence-corrected chi connectivity index (χ4v) is 2.10. The zero-order valence-electron chi connectivity index (χ0n) is 13.2. The monoisotopic (exact) mass is 271 g/mol. The maximum atomic E-state index is 4.43. The lowest BCUT2D eigenvalue weighted by Crippen LogP contribution is -2.18. The highest BCUT2D eigenvalue weighted by Crippen LogP contribution is 2.25. The lowest BCUT2D eigenvalue weighted by Gasteiger charge is -2.18. The van der Waals surface area contributed by atoms with E-state index >= 15 is 0 Å². The van der Waals surface area contributed by atoms with Crippen LogP contribution in [0.1, 0.15) is 26.3 Å². The van der Waals surface area contributed by atoms with Gasteiger partial charge in [-0.25, -0.2) is 0 Å². The maximum absolute atomic E-state index is 4.43. The van der Waals surface area contributed by atoms with Crippen molar-refractivity contribution in [2.75, 3.05) is 20.6 Å². The molecule has 0 atom stereocenters. The van der Waals surface area contributed by atoms with Gasteiger partial charge in [0, 0.05) is 18.3 Å². The summed E-state index contributed by atoms with van der Waals surface area (Å²) in [4.78, 5) is 2.17. The van der Waals surface area contributed by atoms with Crippen molar-refractivity contribution in [3.63, 3.8) is 0 Å². The third-order valence-electron chi connectivity index (χ3n) is 3.49. The third-order valence-corrected chi connectivity index (χ3v) is 3.49. The van der Waals surface area contributed by atoms with E-state index in [-0.39, 0.29) is 5.41 Å². The van der Waals surface area contributed by atoms with Gasteiger partial charge >= 0.3 is 0 Å². The number of likely N-dealkylation sites (N-methyl/N-ethyl adjacent to an activating group) is 1. The molecule has 3 heteroatoms. The fraction of sp³-hybridized carbons (Fsp3) is 0.471. The minimum atomic E-state index is 0.203. The van der Waals surface area contributed by atoms with E-state index in [0.29, 0.717) is 0 Å². The predicted octanol–water partition coefficient (Wildman–Crippen LogP) is 3.41. The molecule has 0 amide bonds. The second kappa shape index (κ2) is 5.80. The first-order valence-corrected chi connectivity index (χ1v) is 7.14. The Bertz CT molecular complexity index is 544. The average Bonchev–Trinajstić information content (AvgIpc) is 2.84. The Hall–Kier alpha value is -1.61. The lowest BCUT2D eigenvalue weighted by molar-refractivity contribution is 0.373. The molecule has 0 spiro atoms. The number of benzene rings is 1. The van der Waals surface area contributed by atoms with Crippen molar-refractivity contribution in [2.24, 2.45) is 0 Å². The number of nitrogens with zero attached hydrogens (tertiary/aromatic N) is 3. The van der Waals surface area contributed by atoms with Crippen LogP contribution in [0.2, 0.25) is 0 Å². The van der Waals surface area contributed by atoms with E-state index < -0.39 is 0 Å². The van der Waals surface area contributed by atoms with Crippen molar-refractivity contribution >= 4 is 0 Å². The van der Waals surface area contributed by atoms with Gasteiger partial charge in [0.15, 0.2) is 0 Å². The fourth-order valence-electron chi connectivity index (χ4n) is 2.10. The molecule has 1 aromatic heterocycles. The van der Waals surface area contributed by atoms with Crippen LogP contribution in [0.15, 0.2) is 36.7 Å². The van der Waals surface area contributed by atoms with Gasteiger partial charge in [-0.05, 0) is 30.6 Å². The van der Waals surface area contributed by atoms with Crippen LogP contribution >= 0.6 is 0 Å². The van der Waals surface area contributed by atoms with Gasteiger partial charge in [-0.2, -0.15) is 5.10 Å². The van der Waals surface area contributed by atoms with Crippen molar-refractivity contribution in [1.29, 1.82) is 0 Å². The van der Waals surface area contributed by atoms with E-state index in [9.17, 15) is 0 Å². The quantitative estimate of drug-likeness (QED) is 0.849. The second-order valence-electron chi connectivity index (χ2n) is 6.62. The van der Waals surface area contributed by atoms with Crippen LogP contribution in [0.5, 0.6) is 0 Å². The molecule has 0 bridgehead atoms. The van der Waals surface area contributed by atoms with Gasteiger partial charge in [0.25, 0.3) is 0 Å². The first kappa shape index (κ1) is 14.8. The number of hydrogen-bond donors (Lipinski definition) is 0. The van der Waals surface area contributed by atoms with Crippen LogP contribution in [0.25, 0.3) is 11.1 Å². The molecule has 0 unspecified atom stereocenters. The average molecular weight is 271 g/mol. The van der Waals surface area contributed by atoms with Gasteiger partial charge in [0.2, 0.25) is 0 Å². The van der Waals surface area contributed by atoms with Crippen LogP contribution in [0.4, 0.5) is 0 Å². The van der Waals surface area contributed by atoms with Crippen molar-refractivity contribution in [2.45, 2.75) is 32.7 Å². The molecule has 0 aliphatic heterocycles. The molecule has 1 heterocycles. The summed E-state index contributed by atoms with van der Waals surface area (Å²) in [6, 6.07) is 8.81. The Kier molecular flexibility index (Phi) is 4.29. The molecule has 1 aromatic carbocycles. The van der Waals surface area contributed by atoms with Crippen molar-refractivity contribution in [3.05, 3.63) is 42.2 Å². The molecule has 0 aliphatic carbocycles. The van der Waals surface area contributed by atoms with Crippen LogP contribution in [0.3, 0.4) is 0 Å². The summed E-state index contributed by atoms with van der Waals surface area (Å²) in [6.07, 6.45) is 4.07. The largest absolute Gasteiger partial charge is 0.308 e. The first-order chi connectivity index (χ1) is 9.36. The summed E-state index contributed by atoms with van der Waals surface area (Å²) in [5.41, 5.74) is 3.98. The molecule has 2 rings (SSSR count). The molecule has 2 aromatic rings. The Morgan fingerprint density at radius 1 is 1.05 bits per heavy atom. The normalized spacial score (nSPS) is 12.1. The van der Waals surface area contributed by atoms with Crippen LogP contribution < -0.4 is 0 Å². The van der Waals surface area contributed by atoms with Gasteiger partial charge in [-0.15, -0.1) is 0 Å². The highest BCUT2D eigenvalue weighted by molar-refractivity contribution is 5.62. The van der Waals surface area contributed by atoms with E-state index in [0.717, 1.165) is 13.1 Å². The summed E-state index contributed by atoms with van der Waals surface area (Å²) >= 11 is 0. The number of hydrogen-bond acceptors (Lipinski definition) is 2. The van der Waals surface area contributed by atoms with Crippen molar-refractivity contribution in [3.8, 4) is 11.1 Å². The van der Waals surface area contributed by atoms with Crippen molar-refractivity contribution in [1.82, 2.24) is 14.7 Å². The molecular formula is C17H25N3. The predicted molar refractivity (Wildman–Crippen MR) is 84.9 cm³/mol. The molecule has 0 aliphatic rings. The minimum absolute atomic E-state index is 0.203. The third kappa shape index (κ3) is 3.70. The van der Waals surface area contributed by atoms with Crippen LogP contribution in [0, 0.1) is 0 Å². The summed E-state index contributed by atoms with van der Waals surface area (Å²) in [5.74, 6) is 0.